The smallest absolute Gasteiger partial charge is 0.244 e. The Labute approximate surface area is 119 Å². The number of carbonyl (C=O) groups excluding carboxylic acids is 1. The van der Waals surface area contributed by atoms with Crippen molar-refractivity contribution in [1.29, 1.82) is 0 Å². The van der Waals surface area contributed by atoms with Gasteiger partial charge in [-0.15, -0.1) is 0 Å². The number of nitrogen functional groups attached to an aromatic ring is 1. The molecule has 0 aromatic heterocycles. The van der Waals surface area contributed by atoms with E-state index in [9.17, 15) is 13.2 Å². The van der Waals surface area contributed by atoms with Gasteiger partial charge in [0.05, 0.1) is 11.4 Å². The summed E-state index contributed by atoms with van der Waals surface area (Å²) in [5.41, 5.74) is 7.47. The molecule has 1 aliphatic heterocycles. The molecular weight excluding hydrogens is 278 g/mol. The van der Waals surface area contributed by atoms with E-state index in [1.807, 2.05) is 0 Å². The lowest BCUT2D eigenvalue weighted by molar-refractivity contribution is -0.132. The molecule has 6 nitrogen and oxygen atoms in total. The molecular formula is C13H19N3O3S. The largest absolute Gasteiger partial charge is 0.399 e. The van der Waals surface area contributed by atoms with E-state index >= 15 is 0 Å². The fourth-order valence-electron chi connectivity index (χ4n) is 2.46. The van der Waals surface area contributed by atoms with E-state index in [2.05, 4.69) is 0 Å². The number of nitrogens with zero attached hydrogens (tertiary/aromatic N) is 2. The Hall–Kier alpha value is -1.60. The van der Waals surface area contributed by atoms with Gasteiger partial charge in [0.25, 0.3) is 0 Å². The first-order chi connectivity index (χ1) is 9.23. The van der Waals surface area contributed by atoms with E-state index in [4.69, 9.17) is 5.73 Å². The number of benzene rings is 1. The Kier molecular flexibility index (Phi) is 3.75. The summed E-state index contributed by atoms with van der Waals surface area (Å²) < 4.78 is 26.7. The van der Waals surface area contributed by atoms with Crippen LogP contribution in [0.1, 0.15) is 11.1 Å². The fourth-order valence-corrected chi connectivity index (χ4v) is 4.25. The van der Waals surface area contributed by atoms with Crippen LogP contribution >= 0.6 is 0 Å². The Morgan fingerprint density at radius 3 is 2.20 bits per heavy atom. The lowest BCUT2D eigenvalue weighted by Crippen LogP contribution is -2.50. The average Bonchev–Trinajstić information content (AvgIpc) is 2.30. The van der Waals surface area contributed by atoms with E-state index in [1.165, 1.54) is 9.21 Å². The molecule has 1 aliphatic rings. The first-order valence-electron chi connectivity index (χ1n) is 6.34. The van der Waals surface area contributed by atoms with Gasteiger partial charge in [-0.05, 0) is 37.1 Å². The summed E-state index contributed by atoms with van der Waals surface area (Å²) in [6.07, 6.45) is 0. The van der Waals surface area contributed by atoms with Gasteiger partial charge in [0.2, 0.25) is 15.9 Å². The SMILES string of the molecule is Cc1cc(N)cc(C)c1S(=O)(=O)N1CCN(C)C(=O)C1. The van der Waals surface area contributed by atoms with Crippen LogP contribution in [0.25, 0.3) is 0 Å². The van der Waals surface area contributed by atoms with Crippen molar-refractivity contribution in [2.45, 2.75) is 18.7 Å². The summed E-state index contributed by atoms with van der Waals surface area (Å²) >= 11 is 0. The third kappa shape index (κ3) is 2.51. The number of amides is 1. The minimum atomic E-state index is -3.67. The van der Waals surface area contributed by atoms with Crippen molar-refractivity contribution in [2.75, 3.05) is 32.4 Å². The molecule has 1 heterocycles. The molecule has 0 bridgehead atoms. The maximum absolute atomic E-state index is 12.7. The lowest BCUT2D eigenvalue weighted by Gasteiger charge is -2.32. The molecule has 1 saturated heterocycles. The Bertz CT molecular complexity index is 632. The molecule has 110 valence electrons. The number of anilines is 1. The van der Waals surface area contributed by atoms with Gasteiger partial charge in [0.15, 0.2) is 0 Å². The lowest BCUT2D eigenvalue weighted by atomic mass is 10.1. The molecule has 1 fully saturated rings. The summed E-state index contributed by atoms with van der Waals surface area (Å²) in [6, 6.07) is 3.27. The molecule has 7 heteroatoms. The van der Waals surface area contributed by atoms with Gasteiger partial charge in [0, 0.05) is 25.8 Å². The van der Waals surface area contributed by atoms with E-state index in [-0.39, 0.29) is 17.3 Å². The fraction of sp³-hybridized carbons (Fsp3) is 0.462. The van der Waals surface area contributed by atoms with Crippen LogP contribution in [0.4, 0.5) is 5.69 Å². The third-order valence-electron chi connectivity index (χ3n) is 3.50. The quantitative estimate of drug-likeness (QED) is 0.798. The number of carbonyl (C=O) groups is 1. The Balaban J connectivity index is 2.44. The molecule has 2 N–H and O–H groups in total. The van der Waals surface area contributed by atoms with Crippen LogP contribution in [-0.4, -0.2) is 50.2 Å². The van der Waals surface area contributed by atoms with Crippen LogP contribution in [0.5, 0.6) is 0 Å². The van der Waals surface area contributed by atoms with Crippen LogP contribution in [0.3, 0.4) is 0 Å². The summed E-state index contributed by atoms with van der Waals surface area (Å²) in [5.74, 6) is -0.189. The van der Waals surface area contributed by atoms with E-state index in [0.29, 0.717) is 29.9 Å². The van der Waals surface area contributed by atoms with Crippen molar-refractivity contribution >= 4 is 21.6 Å². The van der Waals surface area contributed by atoms with Crippen LogP contribution in [0, 0.1) is 13.8 Å². The first kappa shape index (κ1) is 14.8. The molecule has 1 aromatic rings. The second kappa shape index (κ2) is 5.06. The number of piperazine rings is 1. The zero-order valence-corrected chi connectivity index (χ0v) is 12.7. The molecule has 0 unspecified atom stereocenters. The normalized spacial score (nSPS) is 17.6. The first-order valence-corrected chi connectivity index (χ1v) is 7.78. The molecule has 0 atom stereocenters. The summed E-state index contributed by atoms with van der Waals surface area (Å²) in [6.45, 7) is 4.04. The summed E-state index contributed by atoms with van der Waals surface area (Å²) in [7, 11) is -1.99. The number of hydrogen-bond donors (Lipinski definition) is 1. The van der Waals surface area contributed by atoms with E-state index < -0.39 is 10.0 Å². The van der Waals surface area contributed by atoms with Crippen molar-refractivity contribution in [3.05, 3.63) is 23.3 Å². The molecule has 0 aliphatic carbocycles. The highest BCUT2D eigenvalue weighted by Gasteiger charge is 2.33. The summed E-state index contributed by atoms with van der Waals surface area (Å²) in [5, 5.41) is 0. The number of sulfonamides is 1. The highest BCUT2D eigenvalue weighted by Crippen LogP contribution is 2.26. The monoisotopic (exact) mass is 297 g/mol. The van der Waals surface area contributed by atoms with Crippen molar-refractivity contribution in [2.24, 2.45) is 0 Å². The predicted octanol–water partition coefficient (Wildman–Crippen LogP) is 0.348. The van der Waals surface area contributed by atoms with Gasteiger partial charge in [-0.3, -0.25) is 4.79 Å². The van der Waals surface area contributed by atoms with Crippen molar-refractivity contribution in [3.8, 4) is 0 Å². The second-order valence-corrected chi connectivity index (χ2v) is 7.01. The zero-order chi connectivity index (χ0) is 15.1. The number of hydrogen-bond acceptors (Lipinski definition) is 4. The Morgan fingerprint density at radius 2 is 1.70 bits per heavy atom. The van der Waals surface area contributed by atoms with E-state index in [0.717, 1.165) is 0 Å². The highest BCUT2D eigenvalue weighted by atomic mass is 32.2. The van der Waals surface area contributed by atoms with Crippen molar-refractivity contribution < 1.29 is 13.2 Å². The topological polar surface area (TPSA) is 83.7 Å². The van der Waals surface area contributed by atoms with Crippen LogP contribution in [-0.2, 0) is 14.8 Å². The number of nitrogens with two attached hydrogens (primary N) is 1. The minimum Gasteiger partial charge on any atom is -0.399 e. The van der Waals surface area contributed by atoms with Gasteiger partial charge in [-0.2, -0.15) is 4.31 Å². The average molecular weight is 297 g/mol. The molecule has 0 saturated carbocycles. The highest BCUT2D eigenvalue weighted by molar-refractivity contribution is 7.89. The van der Waals surface area contributed by atoms with Gasteiger partial charge >= 0.3 is 0 Å². The molecule has 20 heavy (non-hydrogen) atoms. The molecule has 0 spiro atoms. The summed E-state index contributed by atoms with van der Waals surface area (Å²) in [4.78, 5) is 13.5. The molecule has 2 rings (SSSR count). The van der Waals surface area contributed by atoms with Crippen LogP contribution in [0.15, 0.2) is 17.0 Å². The second-order valence-electron chi connectivity index (χ2n) is 5.14. The van der Waals surface area contributed by atoms with Gasteiger partial charge < -0.3 is 10.6 Å². The number of likely N-dealkylation sites (N-methyl/N-ethyl adjacent to an activating group) is 1. The van der Waals surface area contributed by atoms with E-state index in [1.54, 1.807) is 33.0 Å². The standard InChI is InChI=1S/C13H19N3O3S/c1-9-6-11(14)7-10(2)13(9)20(18,19)16-5-4-15(3)12(17)8-16/h6-7H,4-5,8,14H2,1-3H3. The maximum atomic E-state index is 12.7. The van der Waals surface area contributed by atoms with Crippen molar-refractivity contribution in [3.63, 3.8) is 0 Å². The van der Waals surface area contributed by atoms with Crippen LogP contribution < -0.4 is 5.73 Å². The molecule has 1 amide bonds. The maximum Gasteiger partial charge on any atom is 0.244 e. The Morgan fingerprint density at radius 1 is 1.15 bits per heavy atom. The molecule has 0 radical (unpaired) electrons. The zero-order valence-electron chi connectivity index (χ0n) is 11.9. The number of aryl methyl sites for hydroxylation is 2. The number of rotatable bonds is 2. The van der Waals surface area contributed by atoms with Crippen molar-refractivity contribution in [1.82, 2.24) is 9.21 Å². The van der Waals surface area contributed by atoms with Crippen LogP contribution in [0.2, 0.25) is 0 Å². The van der Waals surface area contributed by atoms with Gasteiger partial charge in [-0.1, -0.05) is 0 Å². The predicted molar refractivity (Wildman–Crippen MR) is 76.7 cm³/mol. The molecule has 1 aromatic carbocycles. The third-order valence-corrected chi connectivity index (χ3v) is 5.65. The van der Waals surface area contributed by atoms with Gasteiger partial charge in [-0.25, -0.2) is 8.42 Å². The van der Waals surface area contributed by atoms with Gasteiger partial charge in [0.1, 0.15) is 0 Å². The minimum absolute atomic E-state index is 0.109.